The van der Waals surface area contributed by atoms with Gasteiger partial charge in [-0.25, -0.2) is 18.2 Å². The summed E-state index contributed by atoms with van der Waals surface area (Å²) in [6, 6.07) is 20.8. The number of nitrogens with zero attached hydrogens (tertiary/aromatic N) is 2. The Morgan fingerprint density at radius 3 is 2.29 bits per heavy atom. The number of carbonyl (C=O) groups excluding carboxylic acids is 1. The smallest absolute Gasteiger partial charge is 0.255 e. The van der Waals surface area contributed by atoms with Crippen molar-refractivity contribution in [1.82, 2.24) is 9.73 Å². The number of carbonyl (C=O) groups is 1. The normalized spacial score (nSPS) is 11.7. The highest BCUT2D eigenvalue weighted by atomic mass is 79.9. The predicted octanol–water partition coefficient (Wildman–Crippen LogP) is 3.93. The Kier molecular flexibility index (Phi) is 7.67. The van der Waals surface area contributed by atoms with Crippen LogP contribution in [-0.2, 0) is 21.4 Å². The summed E-state index contributed by atoms with van der Waals surface area (Å²) in [5.41, 5.74) is 3.65. The second-order valence-electron chi connectivity index (χ2n) is 6.56. The van der Waals surface area contributed by atoms with Gasteiger partial charge in [0.15, 0.2) is 0 Å². The van der Waals surface area contributed by atoms with Crippen LogP contribution in [0.25, 0.3) is 0 Å². The van der Waals surface area contributed by atoms with E-state index in [1.54, 1.807) is 36.4 Å². The third-order valence-corrected chi connectivity index (χ3v) is 6.58. The van der Waals surface area contributed by atoms with Crippen LogP contribution in [0.5, 0.6) is 0 Å². The molecular weight excluding hydrogens is 485 g/mol. The van der Waals surface area contributed by atoms with E-state index < -0.39 is 22.5 Å². The van der Waals surface area contributed by atoms with Crippen LogP contribution in [0, 0.1) is 5.82 Å². The fourth-order valence-corrected chi connectivity index (χ4v) is 4.34. The van der Waals surface area contributed by atoms with E-state index >= 15 is 0 Å². The lowest BCUT2D eigenvalue weighted by Crippen LogP contribution is -2.39. The summed E-state index contributed by atoms with van der Waals surface area (Å²) in [4.78, 5) is 12.5. The first-order chi connectivity index (χ1) is 14.8. The lowest BCUT2D eigenvalue weighted by atomic mass is 10.2. The van der Waals surface area contributed by atoms with Crippen molar-refractivity contribution in [2.75, 3.05) is 6.54 Å². The average molecular weight is 504 g/mol. The molecule has 0 atom stereocenters. The molecule has 1 amide bonds. The molecule has 0 aliphatic carbocycles. The van der Waals surface area contributed by atoms with Crippen molar-refractivity contribution in [3.05, 3.63) is 100 Å². The lowest BCUT2D eigenvalue weighted by molar-refractivity contribution is -0.121. The second kappa shape index (κ2) is 10.4. The van der Waals surface area contributed by atoms with Gasteiger partial charge in [-0.15, -0.1) is 0 Å². The van der Waals surface area contributed by atoms with Crippen molar-refractivity contribution in [2.45, 2.75) is 11.4 Å². The molecule has 0 unspecified atom stereocenters. The molecule has 0 heterocycles. The minimum Gasteiger partial charge on any atom is -0.272 e. The Labute approximate surface area is 188 Å². The van der Waals surface area contributed by atoms with Crippen LogP contribution in [0.2, 0.25) is 0 Å². The molecule has 0 radical (unpaired) electrons. The van der Waals surface area contributed by atoms with Gasteiger partial charge in [0, 0.05) is 11.0 Å². The van der Waals surface area contributed by atoms with Crippen LogP contribution in [0.4, 0.5) is 4.39 Å². The summed E-state index contributed by atoms with van der Waals surface area (Å²) in [6.07, 6.45) is 1.35. The minimum atomic E-state index is -3.93. The summed E-state index contributed by atoms with van der Waals surface area (Å²) in [5.74, 6) is -0.981. The first-order valence-corrected chi connectivity index (χ1v) is 11.4. The van der Waals surface area contributed by atoms with E-state index in [-0.39, 0.29) is 17.3 Å². The summed E-state index contributed by atoms with van der Waals surface area (Å²) in [5, 5.41) is 3.82. The topological polar surface area (TPSA) is 78.8 Å². The molecular formula is C22H19BrFN3O3S. The standard InChI is InChI=1S/C22H19BrFN3O3S/c23-19-8-12-21(13-9-19)31(29,30)27(15-18-4-2-1-3-5-18)16-22(28)26-25-14-17-6-10-20(24)11-7-17/h1-14H,15-16H2,(H,26,28)/b25-14-. The summed E-state index contributed by atoms with van der Waals surface area (Å²) < 4.78 is 41.1. The zero-order chi connectivity index (χ0) is 22.3. The molecule has 31 heavy (non-hydrogen) atoms. The van der Waals surface area contributed by atoms with Gasteiger partial charge in [-0.2, -0.15) is 9.41 Å². The summed E-state index contributed by atoms with van der Waals surface area (Å²) in [7, 11) is -3.93. The fourth-order valence-electron chi connectivity index (χ4n) is 2.69. The molecule has 3 rings (SSSR count). The van der Waals surface area contributed by atoms with E-state index in [1.807, 2.05) is 6.07 Å². The van der Waals surface area contributed by atoms with Crippen molar-refractivity contribution in [3.63, 3.8) is 0 Å². The molecule has 9 heteroatoms. The maximum Gasteiger partial charge on any atom is 0.255 e. The van der Waals surface area contributed by atoms with Crippen molar-refractivity contribution >= 4 is 38.1 Å². The number of amides is 1. The monoisotopic (exact) mass is 503 g/mol. The highest BCUT2D eigenvalue weighted by molar-refractivity contribution is 9.10. The molecule has 0 saturated carbocycles. The van der Waals surface area contributed by atoms with Crippen molar-refractivity contribution in [1.29, 1.82) is 0 Å². The number of rotatable bonds is 8. The van der Waals surface area contributed by atoms with Crippen molar-refractivity contribution in [3.8, 4) is 0 Å². The van der Waals surface area contributed by atoms with Crippen LogP contribution in [0.1, 0.15) is 11.1 Å². The largest absolute Gasteiger partial charge is 0.272 e. The third-order valence-electron chi connectivity index (χ3n) is 4.25. The first-order valence-electron chi connectivity index (χ1n) is 9.22. The average Bonchev–Trinajstić information content (AvgIpc) is 2.76. The van der Waals surface area contributed by atoms with Gasteiger partial charge in [-0.3, -0.25) is 4.79 Å². The zero-order valence-corrected chi connectivity index (χ0v) is 18.7. The third kappa shape index (κ3) is 6.55. The van der Waals surface area contributed by atoms with Gasteiger partial charge in [0.05, 0.1) is 17.7 Å². The van der Waals surface area contributed by atoms with Crippen LogP contribution in [-0.4, -0.2) is 31.4 Å². The SMILES string of the molecule is O=C(CN(Cc1ccccc1)S(=O)(=O)c1ccc(Br)cc1)N/N=C\c1ccc(F)cc1. The van der Waals surface area contributed by atoms with E-state index in [1.165, 1.54) is 42.6 Å². The summed E-state index contributed by atoms with van der Waals surface area (Å²) in [6.45, 7) is -0.400. The Morgan fingerprint density at radius 2 is 1.65 bits per heavy atom. The number of nitrogens with one attached hydrogen (secondary N) is 1. The lowest BCUT2D eigenvalue weighted by Gasteiger charge is -2.21. The Hall–Kier alpha value is -2.88. The molecule has 0 spiro atoms. The molecule has 0 aromatic heterocycles. The van der Waals surface area contributed by atoms with E-state index in [0.717, 1.165) is 14.3 Å². The number of hydrogen-bond donors (Lipinski definition) is 1. The maximum absolute atomic E-state index is 13.2. The van der Waals surface area contributed by atoms with Gasteiger partial charge >= 0.3 is 0 Å². The van der Waals surface area contributed by atoms with Gasteiger partial charge in [-0.1, -0.05) is 58.4 Å². The second-order valence-corrected chi connectivity index (χ2v) is 9.41. The molecule has 3 aromatic rings. The number of hydrogen-bond acceptors (Lipinski definition) is 4. The number of benzene rings is 3. The number of sulfonamides is 1. The van der Waals surface area contributed by atoms with E-state index in [4.69, 9.17) is 0 Å². The first kappa shape index (κ1) is 22.8. The highest BCUT2D eigenvalue weighted by Crippen LogP contribution is 2.20. The molecule has 1 N–H and O–H groups in total. The molecule has 0 aliphatic rings. The van der Waals surface area contributed by atoms with Gasteiger partial charge in [0.1, 0.15) is 5.82 Å². The molecule has 0 aliphatic heterocycles. The van der Waals surface area contributed by atoms with Gasteiger partial charge < -0.3 is 0 Å². The highest BCUT2D eigenvalue weighted by Gasteiger charge is 2.26. The van der Waals surface area contributed by atoms with E-state index in [9.17, 15) is 17.6 Å². The number of hydrazone groups is 1. The Balaban J connectivity index is 1.76. The summed E-state index contributed by atoms with van der Waals surface area (Å²) >= 11 is 3.29. The van der Waals surface area contributed by atoms with Gasteiger partial charge in [0.25, 0.3) is 5.91 Å². The zero-order valence-electron chi connectivity index (χ0n) is 16.3. The molecule has 3 aromatic carbocycles. The van der Waals surface area contributed by atoms with Gasteiger partial charge in [-0.05, 0) is 47.5 Å². The Bertz CT molecular complexity index is 1150. The van der Waals surface area contributed by atoms with Gasteiger partial charge in [0.2, 0.25) is 10.0 Å². The number of halogens is 2. The fraction of sp³-hybridized carbons (Fsp3) is 0.0909. The molecule has 160 valence electrons. The van der Waals surface area contributed by atoms with Crippen LogP contribution < -0.4 is 5.43 Å². The van der Waals surface area contributed by atoms with Crippen molar-refractivity contribution in [2.24, 2.45) is 5.10 Å². The van der Waals surface area contributed by atoms with E-state index in [2.05, 4.69) is 26.5 Å². The van der Waals surface area contributed by atoms with E-state index in [0.29, 0.717) is 5.56 Å². The molecule has 6 nitrogen and oxygen atoms in total. The minimum absolute atomic E-state index is 0.0222. The van der Waals surface area contributed by atoms with Crippen LogP contribution in [0.15, 0.2) is 93.3 Å². The Morgan fingerprint density at radius 1 is 1.00 bits per heavy atom. The van der Waals surface area contributed by atoms with Crippen molar-refractivity contribution < 1.29 is 17.6 Å². The molecule has 0 fully saturated rings. The quantitative estimate of drug-likeness (QED) is 0.373. The molecule has 0 bridgehead atoms. The van der Waals surface area contributed by atoms with Crippen LogP contribution >= 0.6 is 15.9 Å². The van der Waals surface area contributed by atoms with Crippen LogP contribution in [0.3, 0.4) is 0 Å². The maximum atomic E-state index is 13.2. The predicted molar refractivity (Wildman–Crippen MR) is 120 cm³/mol. The molecule has 0 saturated heterocycles.